The molecule has 7 heteroatoms. The number of nitrogens with two attached hydrogens (primary N) is 1. The fraction of sp³-hybridized carbons (Fsp3) is 0.357. The minimum atomic E-state index is -4.41. The summed E-state index contributed by atoms with van der Waals surface area (Å²) in [4.78, 5) is 4.01. The molecule has 1 aliphatic carbocycles. The largest absolute Gasteiger partial charge is 0.443 e. The number of benzene rings is 1. The summed E-state index contributed by atoms with van der Waals surface area (Å²) in [6, 6.07) is 9.40. The highest BCUT2D eigenvalue weighted by Gasteiger charge is 2.52. The molecule has 1 heterocycles. The van der Waals surface area contributed by atoms with E-state index in [0.717, 1.165) is 18.4 Å². The van der Waals surface area contributed by atoms with E-state index in [4.69, 9.17) is 5.84 Å². The van der Waals surface area contributed by atoms with E-state index in [1.807, 2.05) is 30.3 Å². The molecule has 3 rings (SSSR count). The highest BCUT2D eigenvalue weighted by molar-refractivity contribution is 7.11. The first-order valence-corrected chi connectivity index (χ1v) is 7.33. The summed E-state index contributed by atoms with van der Waals surface area (Å²) < 4.78 is 38.1. The Labute approximate surface area is 124 Å². The SMILES string of the molecule is NNC(c1cnc(C(F)(F)F)s1)C1(c2ccccc2)CC1. The number of halogens is 3. The van der Waals surface area contributed by atoms with E-state index in [0.29, 0.717) is 16.2 Å². The van der Waals surface area contributed by atoms with Crippen LogP contribution in [0.5, 0.6) is 0 Å². The normalized spacial score (nSPS) is 18.5. The molecule has 0 aliphatic heterocycles. The van der Waals surface area contributed by atoms with E-state index in [1.54, 1.807) is 0 Å². The lowest BCUT2D eigenvalue weighted by atomic mass is 9.87. The molecule has 0 saturated heterocycles. The van der Waals surface area contributed by atoms with Gasteiger partial charge < -0.3 is 0 Å². The fourth-order valence-corrected chi connectivity index (χ4v) is 3.68. The van der Waals surface area contributed by atoms with Crippen molar-refractivity contribution in [2.75, 3.05) is 0 Å². The molecule has 1 fully saturated rings. The maximum atomic E-state index is 12.7. The minimum Gasteiger partial charge on any atom is -0.271 e. The van der Waals surface area contributed by atoms with Crippen LogP contribution in [0.15, 0.2) is 36.5 Å². The first-order chi connectivity index (χ1) is 9.97. The van der Waals surface area contributed by atoms with Crippen molar-refractivity contribution in [2.45, 2.75) is 30.5 Å². The van der Waals surface area contributed by atoms with Crippen LogP contribution < -0.4 is 11.3 Å². The topological polar surface area (TPSA) is 50.9 Å². The third kappa shape index (κ3) is 2.56. The molecule has 3 N–H and O–H groups in total. The van der Waals surface area contributed by atoms with Crippen molar-refractivity contribution in [3.05, 3.63) is 52.0 Å². The molecule has 1 aliphatic rings. The van der Waals surface area contributed by atoms with Gasteiger partial charge in [-0.05, 0) is 18.4 Å². The number of nitrogens with one attached hydrogen (secondary N) is 1. The van der Waals surface area contributed by atoms with Crippen LogP contribution in [0, 0.1) is 0 Å². The van der Waals surface area contributed by atoms with Gasteiger partial charge in [0.1, 0.15) is 0 Å². The van der Waals surface area contributed by atoms with Crippen molar-refractivity contribution in [1.29, 1.82) is 0 Å². The highest BCUT2D eigenvalue weighted by atomic mass is 32.1. The van der Waals surface area contributed by atoms with Crippen LogP contribution in [-0.2, 0) is 11.6 Å². The quantitative estimate of drug-likeness (QED) is 0.672. The molecule has 0 amide bonds. The van der Waals surface area contributed by atoms with Crippen molar-refractivity contribution in [1.82, 2.24) is 10.4 Å². The van der Waals surface area contributed by atoms with E-state index in [-0.39, 0.29) is 11.5 Å². The van der Waals surface area contributed by atoms with Crippen LogP contribution in [0.2, 0.25) is 0 Å². The molecule has 1 unspecified atom stereocenters. The van der Waals surface area contributed by atoms with E-state index in [2.05, 4.69) is 10.4 Å². The van der Waals surface area contributed by atoms with Crippen molar-refractivity contribution >= 4 is 11.3 Å². The van der Waals surface area contributed by atoms with Gasteiger partial charge >= 0.3 is 6.18 Å². The minimum absolute atomic E-state index is 0.231. The summed E-state index contributed by atoms with van der Waals surface area (Å²) in [5, 5.41) is -0.832. The van der Waals surface area contributed by atoms with Gasteiger partial charge in [0.25, 0.3) is 0 Å². The lowest BCUT2D eigenvalue weighted by molar-refractivity contribution is -0.137. The van der Waals surface area contributed by atoms with Gasteiger partial charge in [0.15, 0.2) is 5.01 Å². The van der Waals surface area contributed by atoms with Crippen molar-refractivity contribution in [2.24, 2.45) is 5.84 Å². The number of rotatable bonds is 4. The van der Waals surface area contributed by atoms with Gasteiger partial charge in [-0.3, -0.25) is 11.3 Å². The zero-order valence-electron chi connectivity index (χ0n) is 11.0. The Morgan fingerprint density at radius 2 is 1.90 bits per heavy atom. The summed E-state index contributed by atoms with van der Waals surface area (Å²) in [7, 11) is 0. The summed E-state index contributed by atoms with van der Waals surface area (Å²) in [5.41, 5.74) is 3.55. The molecule has 3 nitrogen and oxygen atoms in total. The van der Waals surface area contributed by atoms with Crippen molar-refractivity contribution < 1.29 is 13.2 Å². The maximum Gasteiger partial charge on any atom is 0.443 e. The third-order valence-corrected chi connectivity index (χ3v) is 5.01. The van der Waals surface area contributed by atoms with Crippen LogP contribution in [0.25, 0.3) is 0 Å². The van der Waals surface area contributed by atoms with Crippen LogP contribution in [0.3, 0.4) is 0 Å². The number of hydrogen-bond donors (Lipinski definition) is 2. The summed E-state index contributed by atoms with van der Waals surface area (Å²) in [5.74, 6) is 5.63. The number of aromatic nitrogens is 1. The van der Waals surface area contributed by atoms with Crippen LogP contribution >= 0.6 is 11.3 Å². The first kappa shape index (κ1) is 14.5. The number of hydrazine groups is 1. The molecule has 1 atom stereocenters. The number of hydrogen-bond acceptors (Lipinski definition) is 4. The zero-order valence-corrected chi connectivity index (χ0v) is 11.8. The van der Waals surface area contributed by atoms with Gasteiger partial charge in [-0.15, -0.1) is 11.3 Å². The average Bonchev–Trinajstić information content (AvgIpc) is 3.09. The predicted molar refractivity (Wildman–Crippen MR) is 74.5 cm³/mol. The number of thiazole rings is 1. The molecule has 0 spiro atoms. The fourth-order valence-electron chi connectivity index (χ4n) is 2.71. The first-order valence-electron chi connectivity index (χ1n) is 6.52. The van der Waals surface area contributed by atoms with Gasteiger partial charge in [-0.25, -0.2) is 4.98 Å². The van der Waals surface area contributed by atoms with Crippen LogP contribution in [0.1, 0.15) is 34.3 Å². The number of alkyl halides is 3. The van der Waals surface area contributed by atoms with E-state index in [1.165, 1.54) is 6.20 Å². The van der Waals surface area contributed by atoms with E-state index in [9.17, 15) is 13.2 Å². The molecule has 2 aromatic rings. The van der Waals surface area contributed by atoms with Gasteiger partial charge in [-0.1, -0.05) is 30.3 Å². The molecule has 1 saturated carbocycles. The standard InChI is InChI=1S/C14H14F3N3S/c15-14(16,17)12-19-8-10(21-12)11(20-18)13(6-7-13)9-4-2-1-3-5-9/h1-5,8,11,20H,6-7,18H2. The Kier molecular flexibility index (Phi) is 3.51. The van der Waals surface area contributed by atoms with Gasteiger partial charge in [-0.2, -0.15) is 13.2 Å². The van der Waals surface area contributed by atoms with E-state index < -0.39 is 11.2 Å². The van der Waals surface area contributed by atoms with E-state index >= 15 is 0 Å². The smallest absolute Gasteiger partial charge is 0.271 e. The van der Waals surface area contributed by atoms with Crippen molar-refractivity contribution in [3.63, 3.8) is 0 Å². The maximum absolute atomic E-state index is 12.7. The van der Waals surface area contributed by atoms with Crippen molar-refractivity contribution in [3.8, 4) is 0 Å². The van der Waals surface area contributed by atoms with Gasteiger partial charge in [0.2, 0.25) is 0 Å². The molecular formula is C14H14F3N3S. The Hall–Kier alpha value is -1.44. The number of nitrogens with zero attached hydrogens (tertiary/aromatic N) is 1. The summed E-state index contributed by atoms with van der Waals surface area (Å²) >= 11 is 0.655. The summed E-state index contributed by atoms with van der Waals surface area (Å²) in [6.07, 6.45) is -1.34. The lowest BCUT2D eigenvalue weighted by Crippen LogP contribution is -2.36. The molecule has 112 valence electrons. The molecule has 0 radical (unpaired) electrons. The molecule has 0 bridgehead atoms. The highest BCUT2D eigenvalue weighted by Crippen LogP contribution is 2.57. The lowest BCUT2D eigenvalue weighted by Gasteiger charge is -2.25. The third-order valence-electron chi connectivity index (χ3n) is 3.91. The summed E-state index contributed by atoms with van der Waals surface area (Å²) in [6.45, 7) is 0. The Morgan fingerprint density at radius 3 is 2.38 bits per heavy atom. The molecular weight excluding hydrogens is 299 g/mol. The molecule has 21 heavy (non-hydrogen) atoms. The van der Waals surface area contributed by atoms with Gasteiger partial charge in [0, 0.05) is 16.5 Å². The van der Waals surface area contributed by atoms with Crippen LogP contribution in [-0.4, -0.2) is 4.98 Å². The van der Waals surface area contributed by atoms with Gasteiger partial charge in [0.05, 0.1) is 6.04 Å². The zero-order chi connectivity index (χ0) is 15.1. The predicted octanol–water partition coefficient (Wildman–Crippen LogP) is 3.40. The Morgan fingerprint density at radius 1 is 1.24 bits per heavy atom. The second-order valence-corrected chi connectivity index (χ2v) is 6.25. The van der Waals surface area contributed by atoms with Crippen LogP contribution in [0.4, 0.5) is 13.2 Å². The molecule has 1 aromatic heterocycles. The monoisotopic (exact) mass is 313 g/mol. The Balaban J connectivity index is 1.94. The second kappa shape index (κ2) is 5.08. The molecule has 1 aromatic carbocycles. The average molecular weight is 313 g/mol. The second-order valence-electron chi connectivity index (χ2n) is 5.19. The Bertz CT molecular complexity index is 620.